The lowest BCUT2D eigenvalue weighted by Crippen LogP contribution is -2.41. The molecule has 0 saturated heterocycles. The molecule has 15 heavy (non-hydrogen) atoms. The summed E-state index contributed by atoms with van der Waals surface area (Å²) in [6.45, 7) is 5.45. The van der Waals surface area contributed by atoms with Gasteiger partial charge < -0.3 is 16.2 Å². The predicted molar refractivity (Wildman–Crippen MR) is 57.3 cm³/mol. The van der Waals surface area contributed by atoms with Gasteiger partial charge in [0.05, 0.1) is 5.92 Å². The first kappa shape index (κ1) is 13.9. The molecule has 0 heterocycles. The van der Waals surface area contributed by atoms with E-state index in [0.29, 0.717) is 6.42 Å². The second kappa shape index (κ2) is 5.70. The lowest BCUT2D eigenvalue weighted by molar-refractivity contribution is -0.141. The highest BCUT2D eigenvalue weighted by atomic mass is 16.4. The number of nitrogens with one attached hydrogen (secondary N) is 1. The van der Waals surface area contributed by atoms with Gasteiger partial charge in [-0.25, -0.2) is 0 Å². The van der Waals surface area contributed by atoms with Crippen molar-refractivity contribution in [3.63, 3.8) is 0 Å². The summed E-state index contributed by atoms with van der Waals surface area (Å²) in [4.78, 5) is 22.0. The van der Waals surface area contributed by atoms with E-state index < -0.39 is 17.4 Å². The van der Waals surface area contributed by atoms with E-state index in [2.05, 4.69) is 5.32 Å². The molecule has 1 amide bonds. The summed E-state index contributed by atoms with van der Waals surface area (Å²) in [5.41, 5.74) is 5.10. The van der Waals surface area contributed by atoms with Crippen molar-refractivity contribution in [1.29, 1.82) is 0 Å². The first-order valence-corrected chi connectivity index (χ1v) is 5.04. The zero-order valence-electron chi connectivity index (χ0n) is 9.54. The van der Waals surface area contributed by atoms with Crippen LogP contribution in [-0.2, 0) is 9.59 Å². The van der Waals surface area contributed by atoms with Crippen molar-refractivity contribution in [3.05, 3.63) is 0 Å². The van der Waals surface area contributed by atoms with E-state index in [1.54, 1.807) is 20.8 Å². The summed E-state index contributed by atoms with van der Waals surface area (Å²) in [5.74, 6) is -1.61. The van der Waals surface area contributed by atoms with Crippen molar-refractivity contribution in [3.8, 4) is 0 Å². The highest BCUT2D eigenvalue weighted by Crippen LogP contribution is 2.04. The molecule has 1 unspecified atom stereocenters. The fraction of sp³-hybridized carbons (Fsp3) is 0.800. The van der Waals surface area contributed by atoms with Gasteiger partial charge in [-0.2, -0.15) is 0 Å². The van der Waals surface area contributed by atoms with Crippen LogP contribution in [0.2, 0.25) is 0 Å². The summed E-state index contributed by atoms with van der Waals surface area (Å²) in [5, 5.41) is 11.3. The number of rotatable bonds is 6. The second-order valence-corrected chi connectivity index (χ2v) is 4.41. The third kappa shape index (κ3) is 6.90. The molecule has 0 aromatic heterocycles. The summed E-state index contributed by atoms with van der Waals surface area (Å²) in [6.07, 6.45) is 0.699. The van der Waals surface area contributed by atoms with E-state index >= 15 is 0 Å². The minimum Gasteiger partial charge on any atom is -0.481 e. The van der Waals surface area contributed by atoms with Crippen LogP contribution in [0.15, 0.2) is 0 Å². The van der Waals surface area contributed by atoms with Crippen LogP contribution in [0.25, 0.3) is 0 Å². The van der Waals surface area contributed by atoms with E-state index in [4.69, 9.17) is 10.8 Å². The van der Waals surface area contributed by atoms with Gasteiger partial charge in [0.25, 0.3) is 0 Å². The first-order valence-electron chi connectivity index (χ1n) is 5.04. The second-order valence-electron chi connectivity index (χ2n) is 4.41. The molecular formula is C10H20N2O3. The highest BCUT2D eigenvalue weighted by molar-refractivity contribution is 5.78. The Morgan fingerprint density at radius 1 is 1.47 bits per heavy atom. The topological polar surface area (TPSA) is 92.4 Å². The number of carboxylic acid groups (broad SMARTS) is 1. The minimum atomic E-state index is -0.884. The maximum atomic E-state index is 11.3. The van der Waals surface area contributed by atoms with E-state index in [9.17, 15) is 9.59 Å². The molecule has 0 aromatic rings. The predicted octanol–water partition coefficient (Wildman–Crippen LogP) is 0.341. The maximum Gasteiger partial charge on any atom is 0.308 e. The molecule has 0 bridgehead atoms. The number of carbonyl (C=O) groups excluding carboxylic acids is 1. The van der Waals surface area contributed by atoms with Gasteiger partial charge in [0.1, 0.15) is 0 Å². The Bertz CT molecular complexity index is 233. The van der Waals surface area contributed by atoms with Gasteiger partial charge in [-0.15, -0.1) is 0 Å². The zero-order valence-corrected chi connectivity index (χ0v) is 9.54. The zero-order chi connectivity index (χ0) is 12.1. The Morgan fingerprint density at radius 3 is 2.33 bits per heavy atom. The van der Waals surface area contributed by atoms with E-state index in [-0.39, 0.29) is 18.9 Å². The van der Waals surface area contributed by atoms with Crippen LogP contribution in [0.5, 0.6) is 0 Å². The van der Waals surface area contributed by atoms with Crippen molar-refractivity contribution in [1.82, 2.24) is 5.32 Å². The molecule has 0 aliphatic rings. The molecule has 5 nitrogen and oxygen atoms in total. The quantitative estimate of drug-likeness (QED) is 0.597. The number of carboxylic acids is 1. The molecule has 1 atom stereocenters. The molecule has 4 N–H and O–H groups in total. The van der Waals surface area contributed by atoms with Crippen LogP contribution in [0, 0.1) is 5.92 Å². The Labute approximate surface area is 90.0 Å². The first-order chi connectivity index (χ1) is 6.76. The standard InChI is InChI=1S/C10H20N2O3/c1-4-7(9(14)15)6-12-8(13)5-10(2,3)11/h7H,4-6,11H2,1-3H3,(H,12,13)(H,14,15). The lowest BCUT2D eigenvalue weighted by atomic mass is 10.0. The van der Waals surface area contributed by atoms with Crippen LogP contribution in [-0.4, -0.2) is 29.1 Å². The number of hydrogen-bond donors (Lipinski definition) is 3. The van der Waals surface area contributed by atoms with Crippen LogP contribution in [0.3, 0.4) is 0 Å². The van der Waals surface area contributed by atoms with Crippen LogP contribution in [0.4, 0.5) is 0 Å². The molecule has 0 aliphatic carbocycles. The fourth-order valence-corrected chi connectivity index (χ4v) is 1.12. The van der Waals surface area contributed by atoms with E-state index in [0.717, 1.165) is 0 Å². The normalized spacial score (nSPS) is 13.3. The van der Waals surface area contributed by atoms with Crippen LogP contribution >= 0.6 is 0 Å². The van der Waals surface area contributed by atoms with E-state index in [1.807, 2.05) is 0 Å². The molecule has 0 saturated carbocycles. The van der Waals surface area contributed by atoms with Crippen molar-refractivity contribution >= 4 is 11.9 Å². The van der Waals surface area contributed by atoms with Gasteiger partial charge in [-0.3, -0.25) is 9.59 Å². The Morgan fingerprint density at radius 2 is 2.00 bits per heavy atom. The lowest BCUT2D eigenvalue weighted by Gasteiger charge is -2.18. The van der Waals surface area contributed by atoms with Gasteiger partial charge in [0, 0.05) is 18.5 Å². The average molecular weight is 216 g/mol. The van der Waals surface area contributed by atoms with Gasteiger partial charge in [-0.05, 0) is 20.3 Å². The summed E-state index contributed by atoms with van der Waals surface area (Å²) < 4.78 is 0. The number of carbonyl (C=O) groups is 2. The average Bonchev–Trinajstić information content (AvgIpc) is 2.01. The molecule has 0 radical (unpaired) electrons. The summed E-state index contributed by atoms with van der Waals surface area (Å²) >= 11 is 0. The van der Waals surface area contributed by atoms with Crippen molar-refractivity contribution in [2.45, 2.75) is 39.2 Å². The number of nitrogens with two attached hydrogens (primary N) is 1. The van der Waals surface area contributed by atoms with Gasteiger partial charge in [0.2, 0.25) is 5.91 Å². The Kier molecular flexibility index (Phi) is 5.28. The third-order valence-corrected chi connectivity index (χ3v) is 2.00. The summed E-state index contributed by atoms with van der Waals surface area (Å²) in [7, 11) is 0. The molecule has 0 rings (SSSR count). The third-order valence-electron chi connectivity index (χ3n) is 2.00. The molecule has 5 heteroatoms. The SMILES string of the molecule is CCC(CNC(=O)CC(C)(C)N)C(=O)O. The van der Waals surface area contributed by atoms with Crippen molar-refractivity contribution in [2.75, 3.05) is 6.54 Å². The smallest absolute Gasteiger partial charge is 0.308 e. The van der Waals surface area contributed by atoms with Gasteiger partial charge in [0.15, 0.2) is 0 Å². The monoisotopic (exact) mass is 216 g/mol. The maximum absolute atomic E-state index is 11.3. The number of amides is 1. The number of aliphatic carboxylic acids is 1. The van der Waals surface area contributed by atoms with Crippen LogP contribution < -0.4 is 11.1 Å². The van der Waals surface area contributed by atoms with Gasteiger partial charge in [-0.1, -0.05) is 6.92 Å². The van der Waals surface area contributed by atoms with E-state index in [1.165, 1.54) is 0 Å². The minimum absolute atomic E-state index is 0.167. The largest absolute Gasteiger partial charge is 0.481 e. The molecular weight excluding hydrogens is 196 g/mol. The highest BCUT2D eigenvalue weighted by Gasteiger charge is 2.19. The van der Waals surface area contributed by atoms with Crippen molar-refractivity contribution < 1.29 is 14.7 Å². The Balaban J connectivity index is 3.94. The number of hydrogen-bond acceptors (Lipinski definition) is 3. The van der Waals surface area contributed by atoms with Crippen molar-refractivity contribution in [2.24, 2.45) is 11.7 Å². The molecule has 88 valence electrons. The fourth-order valence-electron chi connectivity index (χ4n) is 1.12. The van der Waals surface area contributed by atoms with Crippen LogP contribution in [0.1, 0.15) is 33.6 Å². The molecule has 0 aromatic carbocycles. The molecule has 0 aliphatic heterocycles. The summed E-state index contributed by atoms with van der Waals surface area (Å²) in [6, 6.07) is 0. The molecule has 0 spiro atoms. The Hall–Kier alpha value is -1.10. The van der Waals surface area contributed by atoms with Gasteiger partial charge >= 0.3 is 5.97 Å². The molecule has 0 fully saturated rings.